The van der Waals surface area contributed by atoms with Gasteiger partial charge in [-0.1, -0.05) is 0 Å². The highest BCUT2D eigenvalue weighted by Crippen LogP contribution is 2.21. The van der Waals surface area contributed by atoms with Crippen molar-refractivity contribution >= 4 is 11.9 Å². The molecule has 0 aliphatic heterocycles. The van der Waals surface area contributed by atoms with Crippen molar-refractivity contribution in [2.45, 2.75) is 58.7 Å². The van der Waals surface area contributed by atoms with Crippen molar-refractivity contribution < 1.29 is 19.1 Å². The monoisotopic (exact) mass is 318 g/mol. The molecule has 0 aromatic carbocycles. The van der Waals surface area contributed by atoms with Crippen LogP contribution in [0.25, 0.3) is 0 Å². The Hall–Kier alpha value is -2.42. The third-order valence-electron chi connectivity index (χ3n) is 2.50. The first-order valence-corrected chi connectivity index (χ1v) is 7.25. The van der Waals surface area contributed by atoms with Crippen LogP contribution < -0.4 is 0 Å². The van der Waals surface area contributed by atoms with E-state index in [0.717, 1.165) is 0 Å². The van der Waals surface area contributed by atoms with Crippen LogP contribution in [0, 0.1) is 11.3 Å². The Kier molecular flexibility index (Phi) is 5.49. The minimum absolute atomic E-state index is 0.0428. The Labute approximate surface area is 136 Å². The fourth-order valence-electron chi connectivity index (χ4n) is 1.69. The summed E-state index contributed by atoms with van der Waals surface area (Å²) < 4.78 is 10.5. The highest BCUT2D eigenvalue weighted by atomic mass is 16.6. The lowest BCUT2D eigenvalue weighted by atomic mass is 10.0. The summed E-state index contributed by atoms with van der Waals surface area (Å²) in [4.78, 5) is 28.1. The lowest BCUT2D eigenvalue weighted by Crippen LogP contribution is -2.27. The van der Waals surface area contributed by atoms with E-state index >= 15 is 0 Å². The van der Waals surface area contributed by atoms with E-state index in [2.05, 4.69) is 4.98 Å². The lowest BCUT2D eigenvalue weighted by Gasteiger charge is -2.22. The molecule has 1 aromatic rings. The Bertz CT molecular complexity index is 633. The Morgan fingerprint density at radius 2 is 1.70 bits per heavy atom. The van der Waals surface area contributed by atoms with Gasteiger partial charge in [0.25, 0.3) is 0 Å². The molecule has 6 nitrogen and oxygen atoms in total. The highest BCUT2D eigenvalue weighted by Gasteiger charge is 2.28. The van der Waals surface area contributed by atoms with Crippen LogP contribution in [0.2, 0.25) is 0 Å². The summed E-state index contributed by atoms with van der Waals surface area (Å²) in [6.07, 6.45) is 1.36. The highest BCUT2D eigenvalue weighted by molar-refractivity contribution is 5.88. The summed E-state index contributed by atoms with van der Waals surface area (Å²) in [6.45, 7) is 10.4. The Balaban J connectivity index is 3.04. The summed E-state index contributed by atoms with van der Waals surface area (Å²) in [6, 6.07) is 4.79. The molecule has 1 atom stereocenters. The van der Waals surface area contributed by atoms with E-state index in [1.807, 2.05) is 6.07 Å². The van der Waals surface area contributed by atoms with Crippen molar-refractivity contribution in [1.82, 2.24) is 4.98 Å². The van der Waals surface area contributed by atoms with Gasteiger partial charge in [-0.15, -0.1) is 0 Å². The van der Waals surface area contributed by atoms with Gasteiger partial charge in [0.05, 0.1) is 6.07 Å². The van der Waals surface area contributed by atoms with Gasteiger partial charge in [-0.3, -0.25) is 4.79 Å². The quantitative estimate of drug-likeness (QED) is 0.796. The van der Waals surface area contributed by atoms with Gasteiger partial charge in [0.1, 0.15) is 16.9 Å². The number of nitriles is 1. The molecular weight excluding hydrogens is 296 g/mol. The van der Waals surface area contributed by atoms with E-state index in [1.54, 1.807) is 41.5 Å². The normalized spacial score (nSPS) is 12.9. The molecule has 0 aliphatic rings. The number of hydrogen-bond donors (Lipinski definition) is 0. The van der Waals surface area contributed by atoms with Gasteiger partial charge in [0.2, 0.25) is 0 Å². The molecule has 1 heterocycles. The maximum Gasteiger partial charge on any atom is 0.357 e. The molecule has 1 aromatic heterocycles. The zero-order valence-corrected chi connectivity index (χ0v) is 14.3. The number of hydrogen-bond acceptors (Lipinski definition) is 6. The number of carbonyl (C=O) groups excluding carboxylic acids is 2. The maximum absolute atomic E-state index is 12.1. The van der Waals surface area contributed by atoms with Crippen LogP contribution in [-0.4, -0.2) is 28.1 Å². The number of rotatable bonds is 3. The second-order valence-corrected chi connectivity index (χ2v) is 7.07. The van der Waals surface area contributed by atoms with Crippen LogP contribution in [0.15, 0.2) is 18.3 Å². The molecule has 0 bridgehead atoms. The van der Waals surface area contributed by atoms with Gasteiger partial charge >= 0.3 is 11.9 Å². The standard InChI is InChI=1S/C17H22N2O4/c1-16(2,3)22-14(20)12(10-18)11-7-8-19-13(9-11)15(21)23-17(4,5)6/h7-9,12H,1-6H3. The van der Waals surface area contributed by atoms with E-state index in [0.29, 0.717) is 5.56 Å². The van der Waals surface area contributed by atoms with Gasteiger partial charge in [0, 0.05) is 6.20 Å². The molecule has 0 spiro atoms. The smallest absolute Gasteiger partial charge is 0.357 e. The fourth-order valence-corrected chi connectivity index (χ4v) is 1.69. The van der Waals surface area contributed by atoms with E-state index < -0.39 is 29.1 Å². The second kappa shape index (κ2) is 6.78. The largest absolute Gasteiger partial charge is 0.459 e. The summed E-state index contributed by atoms with van der Waals surface area (Å²) >= 11 is 0. The van der Waals surface area contributed by atoms with Crippen LogP contribution in [0.3, 0.4) is 0 Å². The van der Waals surface area contributed by atoms with Crippen molar-refractivity contribution in [1.29, 1.82) is 5.26 Å². The summed E-state index contributed by atoms with van der Waals surface area (Å²) in [5.74, 6) is -2.40. The molecule has 0 N–H and O–H groups in total. The minimum Gasteiger partial charge on any atom is -0.459 e. The molecule has 0 radical (unpaired) electrons. The molecule has 0 saturated carbocycles. The molecule has 1 rings (SSSR count). The van der Waals surface area contributed by atoms with Crippen molar-refractivity contribution in [2.24, 2.45) is 0 Å². The summed E-state index contributed by atoms with van der Waals surface area (Å²) in [5, 5.41) is 9.28. The van der Waals surface area contributed by atoms with Crippen molar-refractivity contribution in [3.8, 4) is 6.07 Å². The first kappa shape index (κ1) is 18.6. The van der Waals surface area contributed by atoms with Gasteiger partial charge in [0.15, 0.2) is 5.92 Å². The topological polar surface area (TPSA) is 89.3 Å². The predicted molar refractivity (Wildman–Crippen MR) is 83.6 cm³/mol. The number of nitrogens with zero attached hydrogens (tertiary/aromatic N) is 2. The fraction of sp³-hybridized carbons (Fsp3) is 0.529. The molecule has 0 aliphatic carbocycles. The molecule has 0 saturated heterocycles. The Morgan fingerprint density at radius 1 is 1.13 bits per heavy atom. The van der Waals surface area contributed by atoms with Crippen LogP contribution >= 0.6 is 0 Å². The Morgan fingerprint density at radius 3 is 2.17 bits per heavy atom. The van der Waals surface area contributed by atoms with E-state index in [4.69, 9.17) is 9.47 Å². The third kappa shape index (κ3) is 6.07. The molecule has 0 amide bonds. The average Bonchev–Trinajstić information content (AvgIpc) is 2.35. The van der Waals surface area contributed by atoms with Gasteiger partial charge in [-0.2, -0.15) is 5.26 Å². The van der Waals surface area contributed by atoms with Gasteiger partial charge in [-0.25, -0.2) is 9.78 Å². The van der Waals surface area contributed by atoms with Gasteiger partial charge in [-0.05, 0) is 59.2 Å². The third-order valence-corrected chi connectivity index (χ3v) is 2.50. The minimum atomic E-state index is -1.13. The molecule has 23 heavy (non-hydrogen) atoms. The van der Waals surface area contributed by atoms with Crippen LogP contribution in [0.5, 0.6) is 0 Å². The van der Waals surface area contributed by atoms with Crippen molar-refractivity contribution in [2.75, 3.05) is 0 Å². The van der Waals surface area contributed by atoms with E-state index in [-0.39, 0.29) is 5.69 Å². The van der Waals surface area contributed by atoms with Crippen molar-refractivity contribution in [3.63, 3.8) is 0 Å². The summed E-state index contributed by atoms with van der Waals surface area (Å²) in [7, 11) is 0. The zero-order valence-electron chi connectivity index (χ0n) is 14.3. The number of ether oxygens (including phenoxy) is 2. The first-order valence-electron chi connectivity index (χ1n) is 7.25. The predicted octanol–water partition coefficient (Wildman–Crippen LogP) is 2.99. The molecule has 124 valence electrons. The lowest BCUT2D eigenvalue weighted by molar-refractivity contribution is -0.155. The van der Waals surface area contributed by atoms with Crippen molar-refractivity contribution in [3.05, 3.63) is 29.6 Å². The van der Waals surface area contributed by atoms with Crippen LogP contribution in [0.4, 0.5) is 0 Å². The number of aromatic nitrogens is 1. The maximum atomic E-state index is 12.1. The molecule has 6 heteroatoms. The zero-order chi connectivity index (χ0) is 17.8. The molecular formula is C17H22N2O4. The van der Waals surface area contributed by atoms with E-state index in [9.17, 15) is 14.9 Å². The number of esters is 2. The first-order chi connectivity index (χ1) is 10.4. The average molecular weight is 318 g/mol. The van der Waals surface area contributed by atoms with Gasteiger partial charge < -0.3 is 9.47 Å². The molecule has 1 unspecified atom stereocenters. The number of carbonyl (C=O) groups is 2. The van der Waals surface area contributed by atoms with Crippen LogP contribution in [0.1, 0.15) is 63.5 Å². The van der Waals surface area contributed by atoms with Crippen LogP contribution in [-0.2, 0) is 14.3 Å². The number of pyridine rings is 1. The SMILES string of the molecule is CC(C)(C)OC(=O)c1cc(C(C#N)C(=O)OC(C)(C)C)ccn1. The molecule has 0 fully saturated rings. The summed E-state index contributed by atoms with van der Waals surface area (Å²) in [5.41, 5.74) is -0.972. The van der Waals surface area contributed by atoms with E-state index in [1.165, 1.54) is 18.3 Å². The second-order valence-electron chi connectivity index (χ2n) is 7.07.